The summed E-state index contributed by atoms with van der Waals surface area (Å²) < 4.78 is 0.933. The highest BCUT2D eigenvalue weighted by Crippen LogP contribution is 2.21. The number of hydrogen-bond donors (Lipinski definition) is 1. The minimum Gasteiger partial charge on any atom is -0.383 e. The summed E-state index contributed by atoms with van der Waals surface area (Å²) in [5.74, 6) is 1.08. The molecule has 2 N–H and O–H groups in total. The number of aryl methyl sites for hydroxylation is 1. The average Bonchev–Trinajstić information content (AvgIpc) is 2.36. The van der Waals surface area contributed by atoms with E-state index in [1.165, 1.54) is 6.33 Å². The van der Waals surface area contributed by atoms with E-state index in [0.717, 1.165) is 22.1 Å². The van der Waals surface area contributed by atoms with Gasteiger partial charge in [-0.15, -0.1) is 0 Å². The van der Waals surface area contributed by atoms with E-state index < -0.39 is 0 Å². The standard InChI is InChI=1S/C11H12IN5/c1-2-3-7-9(12)10(13)17-11(16-7)8-4-5-14-6-15-8/h4-6H,2-3H2,1H3,(H2,13,16,17). The predicted octanol–water partition coefficient (Wildman–Crippen LogP) is 2.07. The Labute approximate surface area is 113 Å². The maximum atomic E-state index is 5.89. The Morgan fingerprint density at radius 1 is 1.35 bits per heavy atom. The number of hydrogen-bond acceptors (Lipinski definition) is 5. The van der Waals surface area contributed by atoms with E-state index in [-0.39, 0.29) is 0 Å². The smallest absolute Gasteiger partial charge is 0.180 e. The van der Waals surface area contributed by atoms with Crippen LogP contribution in [0.4, 0.5) is 5.82 Å². The van der Waals surface area contributed by atoms with Crippen molar-refractivity contribution in [2.24, 2.45) is 0 Å². The normalized spacial score (nSPS) is 10.5. The molecule has 0 amide bonds. The molecule has 2 rings (SSSR count). The van der Waals surface area contributed by atoms with Crippen LogP contribution in [-0.4, -0.2) is 19.9 Å². The molecule has 5 nitrogen and oxygen atoms in total. The first-order valence-electron chi connectivity index (χ1n) is 5.30. The van der Waals surface area contributed by atoms with Gasteiger partial charge in [-0.3, -0.25) is 0 Å². The van der Waals surface area contributed by atoms with Gasteiger partial charge in [-0.05, 0) is 35.1 Å². The summed E-state index contributed by atoms with van der Waals surface area (Å²) in [5.41, 5.74) is 7.56. The highest BCUT2D eigenvalue weighted by Gasteiger charge is 2.11. The van der Waals surface area contributed by atoms with Crippen molar-refractivity contribution in [2.75, 3.05) is 5.73 Å². The van der Waals surface area contributed by atoms with Crippen LogP contribution in [0.25, 0.3) is 11.5 Å². The lowest BCUT2D eigenvalue weighted by molar-refractivity contribution is 0.867. The molecule has 2 aromatic rings. The summed E-state index contributed by atoms with van der Waals surface area (Å²) in [6.07, 6.45) is 5.06. The lowest BCUT2D eigenvalue weighted by Gasteiger charge is -2.07. The fraction of sp³-hybridized carbons (Fsp3) is 0.273. The highest BCUT2D eigenvalue weighted by molar-refractivity contribution is 14.1. The van der Waals surface area contributed by atoms with Gasteiger partial charge in [0.1, 0.15) is 17.8 Å². The number of anilines is 1. The molecule has 0 saturated heterocycles. The fourth-order valence-corrected chi connectivity index (χ4v) is 1.96. The molecule has 0 aliphatic carbocycles. The summed E-state index contributed by atoms with van der Waals surface area (Å²) in [5, 5.41) is 0. The zero-order valence-corrected chi connectivity index (χ0v) is 11.5. The quantitative estimate of drug-likeness (QED) is 0.865. The molecule has 2 heterocycles. The van der Waals surface area contributed by atoms with Crippen LogP contribution in [0.15, 0.2) is 18.6 Å². The number of aromatic nitrogens is 4. The number of nitrogens with two attached hydrogens (primary N) is 1. The first-order valence-corrected chi connectivity index (χ1v) is 6.38. The Balaban J connectivity index is 2.49. The lowest BCUT2D eigenvalue weighted by Crippen LogP contribution is -2.05. The third kappa shape index (κ3) is 2.68. The maximum Gasteiger partial charge on any atom is 0.180 e. The molecular weight excluding hydrogens is 329 g/mol. The van der Waals surface area contributed by atoms with E-state index in [4.69, 9.17) is 5.73 Å². The molecule has 88 valence electrons. The molecule has 17 heavy (non-hydrogen) atoms. The van der Waals surface area contributed by atoms with Crippen LogP contribution in [-0.2, 0) is 6.42 Å². The van der Waals surface area contributed by atoms with E-state index in [2.05, 4.69) is 49.5 Å². The average molecular weight is 341 g/mol. The van der Waals surface area contributed by atoms with Gasteiger partial charge in [-0.2, -0.15) is 0 Å². The van der Waals surface area contributed by atoms with Gasteiger partial charge in [0.2, 0.25) is 0 Å². The van der Waals surface area contributed by atoms with Crippen molar-refractivity contribution < 1.29 is 0 Å². The molecular formula is C11H12IN5. The SMILES string of the molecule is CCCc1nc(-c2ccncn2)nc(N)c1I. The van der Waals surface area contributed by atoms with Crippen LogP contribution in [0.2, 0.25) is 0 Å². The summed E-state index contributed by atoms with van der Waals surface area (Å²) in [6, 6.07) is 1.78. The minimum absolute atomic E-state index is 0.512. The van der Waals surface area contributed by atoms with Crippen molar-refractivity contribution in [3.8, 4) is 11.5 Å². The number of halogens is 1. The molecule has 0 saturated carbocycles. The van der Waals surface area contributed by atoms with E-state index in [9.17, 15) is 0 Å². The summed E-state index contributed by atoms with van der Waals surface area (Å²) in [7, 11) is 0. The van der Waals surface area contributed by atoms with Crippen LogP contribution in [0.3, 0.4) is 0 Å². The van der Waals surface area contributed by atoms with Crippen LogP contribution in [0, 0.1) is 3.57 Å². The van der Waals surface area contributed by atoms with Crippen LogP contribution < -0.4 is 5.73 Å². The molecule has 0 aliphatic rings. The van der Waals surface area contributed by atoms with Crippen LogP contribution in [0.1, 0.15) is 19.0 Å². The van der Waals surface area contributed by atoms with E-state index >= 15 is 0 Å². The van der Waals surface area contributed by atoms with Gasteiger partial charge in [-0.1, -0.05) is 13.3 Å². The summed E-state index contributed by atoms with van der Waals surface area (Å²) in [4.78, 5) is 16.8. The van der Waals surface area contributed by atoms with Crippen molar-refractivity contribution >= 4 is 28.4 Å². The Hall–Kier alpha value is -1.31. The van der Waals surface area contributed by atoms with Crippen molar-refractivity contribution in [3.05, 3.63) is 27.9 Å². The zero-order valence-electron chi connectivity index (χ0n) is 9.39. The molecule has 0 radical (unpaired) electrons. The molecule has 0 unspecified atom stereocenters. The Morgan fingerprint density at radius 3 is 2.82 bits per heavy atom. The third-order valence-corrected chi connectivity index (χ3v) is 3.42. The second-order valence-corrected chi connectivity index (χ2v) is 4.62. The van der Waals surface area contributed by atoms with Crippen LogP contribution in [0.5, 0.6) is 0 Å². The lowest BCUT2D eigenvalue weighted by atomic mass is 10.2. The number of nitrogens with zero attached hydrogens (tertiary/aromatic N) is 4. The monoisotopic (exact) mass is 341 g/mol. The minimum atomic E-state index is 0.512. The molecule has 0 spiro atoms. The second-order valence-electron chi connectivity index (χ2n) is 3.54. The number of nitrogen functional groups attached to an aromatic ring is 1. The van der Waals surface area contributed by atoms with Gasteiger partial charge in [0.15, 0.2) is 5.82 Å². The van der Waals surface area contributed by atoms with E-state index in [1.54, 1.807) is 12.3 Å². The predicted molar refractivity (Wildman–Crippen MR) is 74.2 cm³/mol. The molecule has 0 fully saturated rings. The summed E-state index contributed by atoms with van der Waals surface area (Å²) in [6.45, 7) is 2.11. The molecule has 0 atom stereocenters. The molecule has 0 aromatic carbocycles. The number of rotatable bonds is 3. The topological polar surface area (TPSA) is 77.6 Å². The molecule has 2 aromatic heterocycles. The molecule has 0 aliphatic heterocycles. The Morgan fingerprint density at radius 2 is 2.18 bits per heavy atom. The first kappa shape index (κ1) is 12.2. The van der Waals surface area contributed by atoms with Gasteiger partial charge in [0.25, 0.3) is 0 Å². The second kappa shape index (κ2) is 5.35. The van der Waals surface area contributed by atoms with Gasteiger partial charge >= 0.3 is 0 Å². The zero-order chi connectivity index (χ0) is 12.3. The van der Waals surface area contributed by atoms with Gasteiger partial charge < -0.3 is 5.73 Å². The third-order valence-electron chi connectivity index (χ3n) is 2.24. The van der Waals surface area contributed by atoms with E-state index in [1.807, 2.05) is 0 Å². The van der Waals surface area contributed by atoms with Crippen molar-refractivity contribution in [3.63, 3.8) is 0 Å². The van der Waals surface area contributed by atoms with E-state index in [0.29, 0.717) is 17.3 Å². The summed E-state index contributed by atoms with van der Waals surface area (Å²) >= 11 is 2.18. The largest absolute Gasteiger partial charge is 0.383 e. The van der Waals surface area contributed by atoms with Gasteiger partial charge in [0.05, 0.1) is 9.26 Å². The van der Waals surface area contributed by atoms with Crippen molar-refractivity contribution in [2.45, 2.75) is 19.8 Å². The molecule has 6 heteroatoms. The van der Waals surface area contributed by atoms with Crippen molar-refractivity contribution in [1.29, 1.82) is 0 Å². The maximum absolute atomic E-state index is 5.89. The highest BCUT2D eigenvalue weighted by atomic mass is 127. The van der Waals surface area contributed by atoms with Crippen molar-refractivity contribution in [1.82, 2.24) is 19.9 Å². The Bertz CT molecular complexity index is 515. The fourth-order valence-electron chi connectivity index (χ4n) is 1.45. The van der Waals surface area contributed by atoms with Crippen LogP contribution >= 0.6 is 22.6 Å². The van der Waals surface area contributed by atoms with Gasteiger partial charge in [0, 0.05) is 6.20 Å². The Kier molecular flexibility index (Phi) is 3.82. The van der Waals surface area contributed by atoms with Gasteiger partial charge in [-0.25, -0.2) is 19.9 Å². The molecule has 0 bridgehead atoms. The first-order chi connectivity index (χ1) is 8.22.